The normalized spacial score (nSPS) is 25.1. The number of hydrogen-bond acceptors (Lipinski definition) is 3. The van der Waals surface area contributed by atoms with Crippen molar-refractivity contribution in [2.75, 3.05) is 23.7 Å². The van der Waals surface area contributed by atoms with Gasteiger partial charge in [-0.25, -0.2) is 4.39 Å². The molecule has 30 heavy (non-hydrogen) atoms. The molecule has 1 saturated carbocycles. The SMILES string of the molecule is O=C(c1ccccc1F)N1CCC[C@@]2(C1)Nc1ccccc1NC2=NC1CCCC1. The summed E-state index contributed by atoms with van der Waals surface area (Å²) in [5, 5.41) is 7.28. The molecule has 1 amide bonds. The lowest BCUT2D eigenvalue weighted by Crippen LogP contribution is -2.62. The minimum Gasteiger partial charge on any atom is -0.370 e. The van der Waals surface area contributed by atoms with Crippen LogP contribution >= 0.6 is 0 Å². The van der Waals surface area contributed by atoms with Gasteiger partial charge in [-0.15, -0.1) is 0 Å². The number of nitrogens with one attached hydrogen (secondary N) is 2. The summed E-state index contributed by atoms with van der Waals surface area (Å²) >= 11 is 0. The van der Waals surface area contributed by atoms with Crippen molar-refractivity contribution in [3.05, 3.63) is 59.9 Å². The molecule has 2 aromatic rings. The van der Waals surface area contributed by atoms with Gasteiger partial charge in [0.15, 0.2) is 0 Å². The van der Waals surface area contributed by atoms with Gasteiger partial charge in [0.05, 0.1) is 29.5 Å². The molecule has 1 spiro atoms. The molecule has 2 fully saturated rings. The molecule has 2 aromatic carbocycles. The highest BCUT2D eigenvalue weighted by Gasteiger charge is 2.45. The number of carbonyl (C=O) groups excluding carboxylic acids is 1. The second-order valence-electron chi connectivity index (χ2n) is 8.60. The fourth-order valence-corrected chi connectivity index (χ4v) is 4.97. The second-order valence-corrected chi connectivity index (χ2v) is 8.60. The summed E-state index contributed by atoms with van der Waals surface area (Å²) in [6.07, 6.45) is 6.37. The van der Waals surface area contributed by atoms with E-state index in [1.807, 2.05) is 24.3 Å². The minimum atomic E-state index is -0.476. The Morgan fingerprint density at radius 3 is 2.57 bits per heavy atom. The van der Waals surface area contributed by atoms with Crippen LogP contribution in [0, 0.1) is 5.82 Å². The molecular weight excluding hydrogens is 379 g/mol. The van der Waals surface area contributed by atoms with E-state index in [0.717, 1.165) is 42.9 Å². The molecule has 1 aliphatic carbocycles. The molecule has 2 N–H and O–H groups in total. The van der Waals surface area contributed by atoms with E-state index in [1.165, 1.54) is 18.9 Å². The van der Waals surface area contributed by atoms with E-state index >= 15 is 0 Å². The van der Waals surface area contributed by atoms with Gasteiger partial charge in [0, 0.05) is 6.54 Å². The summed E-state index contributed by atoms with van der Waals surface area (Å²) < 4.78 is 14.3. The van der Waals surface area contributed by atoms with Crippen molar-refractivity contribution in [1.82, 2.24) is 4.90 Å². The van der Waals surface area contributed by atoms with Crippen LogP contribution in [0.5, 0.6) is 0 Å². The molecule has 1 atom stereocenters. The Labute approximate surface area is 176 Å². The highest BCUT2D eigenvalue weighted by atomic mass is 19.1. The number of para-hydroxylation sites is 2. The van der Waals surface area contributed by atoms with Gasteiger partial charge in [-0.05, 0) is 49.9 Å². The molecule has 2 heterocycles. The largest absolute Gasteiger partial charge is 0.370 e. The summed E-state index contributed by atoms with van der Waals surface area (Å²) in [4.78, 5) is 20.0. The summed E-state index contributed by atoms with van der Waals surface area (Å²) in [5.74, 6) is 0.189. The summed E-state index contributed by atoms with van der Waals surface area (Å²) in [5.41, 5.74) is 1.68. The van der Waals surface area contributed by atoms with Crippen LogP contribution in [0.15, 0.2) is 53.5 Å². The number of piperidine rings is 1. The van der Waals surface area contributed by atoms with Crippen molar-refractivity contribution in [2.45, 2.75) is 50.1 Å². The molecule has 5 rings (SSSR count). The first-order chi connectivity index (χ1) is 14.6. The fourth-order valence-electron chi connectivity index (χ4n) is 4.97. The number of carbonyl (C=O) groups is 1. The van der Waals surface area contributed by atoms with E-state index in [1.54, 1.807) is 23.1 Å². The minimum absolute atomic E-state index is 0.132. The molecule has 6 heteroatoms. The first-order valence-corrected chi connectivity index (χ1v) is 10.9. The zero-order chi connectivity index (χ0) is 20.6. The van der Waals surface area contributed by atoms with Crippen molar-refractivity contribution in [1.29, 1.82) is 0 Å². The van der Waals surface area contributed by atoms with Crippen molar-refractivity contribution in [3.8, 4) is 0 Å². The maximum absolute atomic E-state index is 14.3. The number of rotatable bonds is 2. The molecule has 1 saturated heterocycles. The average Bonchev–Trinajstić information content (AvgIpc) is 3.28. The van der Waals surface area contributed by atoms with Gasteiger partial charge in [-0.3, -0.25) is 9.79 Å². The van der Waals surface area contributed by atoms with Crippen molar-refractivity contribution < 1.29 is 9.18 Å². The second kappa shape index (κ2) is 7.74. The molecular formula is C24H27FN4O. The van der Waals surface area contributed by atoms with Crippen LogP contribution in [0.25, 0.3) is 0 Å². The standard InChI is InChI=1S/C24H27FN4O/c25-19-11-4-3-10-18(19)22(30)29-15-7-14-24(16-29)23(26-17-8-1-2-9-17)27-20-12-5-6-13-21(20)28-24/h3-6,10-13,17,28H,1-2,7-9,14-16H2,(H,26,27)/t24-/m0/s1. The van der Waals surface area contributed by atoms with Gasteiger partial charge in [0.25, 0.3) is 5.91 Å². The number of amides is 1. The smallest absolute Gasteiger partial charge is 0.256 e. The Morgan fingerprint density at radius 1 is 1.03 bits per heavy atom. The van der Waals surface area contributed by atoms with Gasteiger partial charge in [-0.2, -0.15) is 0 Å². The van der Waals surface area contributed by atoms with Gasteiger partial charge >= 0.3 is 0 Å². The molecule has 5 nitrogen and oxygen atoms in total. The Balaban J connectivity index is 1.49. The third-order valence-corrected chi connectivity index (χ3v) is 6.53. The monoisotopic (exact) mass is 406 g/mol. The van der Waals surface area contributed by atoms with Crippen LogP contribution < -0.4 is 10.6 Å². The number of nitrogens with zero attached hydrogens (tertiary/aromatic N) is 2. The summed E-state index contributed by atoms with van der Waals surface area (Å²) in [6.45, 7) is 1.09. The predicted molar refractivity (Wildman–Crippen MR) is 118 cm³/mol. The van der Waals surface area contributed by atoms with Crippen molar-refractivity contribution in [3.63, 3.8) is 0 Å². The third-order valence-electron chi connectivity index (χ3n) is 6.53. The highest BCUT2D eigenvalue weighted by Crippen LogP contribution is 2.37. The lowest BCUT2D eigenvalue weighted by atomic mass is 9.84. The van der Waals surface area contributed by atoms with Gasteiger partial charge in [-0.1, -0.05) is 37.1 Å². The number of hydrogen-bond donors (Lipinski definition) is 2. The summed E-state index contributed by atoms with van der Waals surface area (Å²) in [7, 11) is 0. The maximum Gasteiger partial charge on any atom is 0.256 e. The van der Waals surface area contributed by atoms with Crippen molar-refractivity contribution in [2.24, 2.45) is 4.99 Å². The first-order valence-electron chi connectivity index (χ1n) is 10.9. The number of fused-ring (bicyclic) bond motifs is 1. The zero-order valence-electron chi connectivity index (χ0n) is 17.0. The topological polar surface area (TPSA) is 56.7 Å². The average molecular weight is 407 g/mol. The van der Waals surface area contributed by atoms with E-state index in [2.05, 4.69) is 10.6 Å². The van der Waals surface area contributed by atoms with E-state index < -0.39 is 11.4 Å². The van der Waals surface area contributed by atoms with Crippen LogP contribution in [0.3, 0.4) is 0 Å². The Bertz CT molecular complexity index is 985. The Kier molecular flexibility index (Phi) is 4.93. The Morgan fingerprint density at radius 2 is 1.77 bits per heavy atom. The molecule has 0 unspecified atom stereocenters. The molecule has 2 aliphatic heterocycles. The lowest BCUT2D eigenvalue weighted by molar-refractivity contribution is 0.0689. The van der Waals surface area contributed by atoms with E-state index in [9.17, 15) is 9.18 Å². The van der Waals surface area contributed by atoms with Crippen LogP contribution in [-0.4, -0.2) is 41.3 Å². The lowest BCUT2D eigenvalue weighted by Gasteiger charge is -2.47. The highest BCUT2D eigenvalue weighted by molar-refractivity contribution is 6.10. The van der Waals surface area contributed by atoms with Crippen LogP contribution in [-0.2, 0) is 0 Å². The zero-order valence-corrected chi connectivity index (χ0v) is 17.0. The van der Waals surface area contributed by atoms with Gasteiger partial charge < -0.3 is 15.5 Å². The molecule has 3 aliphatic rings. The van der Waals surface area contributed by atoms with Gasteiger partial charge in [0.2, 0.25) is 0 Å². The van der Waals surface area contributed by atoms with E-state index in [-0.39, 0.29) is 11.5 Å². The number of benzene rings is 2. The van der Waals surface area contributed by atoms with E-state index in [4.69, 9.17) is 4.99 Å². The third kappa shape index (κ3) is 3.44. The van der Waals surface area contributed by atoms with E-state index in [0.29, 0.717) is 19.1 Å². The van der Waals surface area contributed by atoms with Crippen molar-refractivity contribution >= 4 is 23.1 Å². The molecule has 0 bridgehead atoms. The number of halogens is 1. The number of anilines is 2. The molecule has 0 radical (unpaired) electrons. The molecule has 0 aromatic heterocycles. The predicted octanol–water partition coefficient (Wildman–Crippen LogP) is 4.68. The number of amidine groups is 1. The van der Waals surface area contributed by atoms with Gasteiger partial charge in [0.1, 0.15) is 17.2 Å². The Hall–Kier alpha value is -2.89. The number of aliphatic imine (C=N–C) groups is 1. The van der Waals surface area contributed by atoms with Crippen LogP contribution in [0.1, 0.15) is 48.9 Å². The summed E-state index contributed by atoms with van der Waals surface area (Å²) in [6, 6.07) is 14.7. The van der Waals surface area contributed by atoms with Crippen LogP contribution in [0.4, 0.5) is 15.8 Å². The quantitative estimate of drug-likeness (QED) is 0.761. The van der Waals surface area contributed by atoms with Crippen LogP contribution in [0.2, 0.25) is 0 Å². The maximum atomic E-state index is 14.3. The molecule has 156 valence electrons. The first kappa shape index (κ1) is 19.1. The number of likely N-dealkylation sites (tertiary alicyclic amines) is 1. The fraction of sp³-hybridized carbons (Fsp3) is 0.417.